The molecule has 4 aromatic rings. The van der Waals surface area contributed by atoms with Gasteiger partial charge in [-0.15, -0.1) is 0 Å². The third-order valence-corrected chi connectivity index (χ3v) is 10.6. The zero-order chi connectivity index (χ0) is 35.8. The minimum Gasteiger partial charge on any atom is -0.502 e. The van der Waals surface area contributed by atoms with Gasteiger partial charge in [0.25, 0.3) is 0 Å². The predicted octanol–water partition coefficient (Wildman–Crippen LogP) is 12.8. The third-order valence-electron chi connectivity index (χ3n) is 8.79. The van der Waals surface area contributed by atoms with Gasteiger partial charge in [0.1, 0.15) is 0 Å². The first kappa shape index (κ1) is 39.1. The normalized spacial score (nSPS) is 13.4. The molecule has 0 spiro atoms. The standard InChI is InChI=1S/C27H39N2.C16H16O.2ClH.Ru/c1-18(2)22-11-9-12-23(19(3)4)26(22)28-15-16-29(17-28)27-24(20(5)6)13-10-14-25(27)21(7)8;1-12(2)17-16-13(3)8-7-11-15(16)14-9-5-4-6-10-14;;;/h9-14,17-21H,15-16H2,1-8H3;3-12H,1-2H3;2*1H;/q-1;;;;+2/p-2. The molecule has 0 N–H and O–H groups in total. The SMILES string of the molecule is CC(C)Oc1c([CH]=[Ru]([Cl])[Cl])cccc1-c1ccccc1.CC(C)c1cccc(C(C)C)c1N1[CH-]N(c2c(C(C)C)cccc2C(C)C)CC1. The van der Waals surface area contributed by atoms with Crippen LogP contribution in [-0.4, -0.2) is 23.8 Å². The van der Waals surface area contributed by atoms with E-state index in [4.69, 9.17) is 24.1 Å². The van der Waals surface area contributed by atoms with E-state index in [2.05, 4.69) is 126 Å². The molecule has 266 valence electrons. The Hall–Kier alpha value is -2.65. The first-order valence-corrected chi connectivity index (χ1v) is 23.1. The van der Waals surface area contributed by atoms with Crippen molar-refractivity contribution in [2.75, 3.05) is 22.9 Å². The van der Waals surface area contributed by atoms with Crippen molar-refractivity contribution in [1.29, 1.82) is 0 Å². The van der Waals surface area contributed by atoms with Crippen molar-refractivity contribution in [3.63, 3.8) is 0 Å². The van der Waals surface area contributed by atoms with E-state index in [-0.39, 0.29) is 6.10 Å². The number of hydrogen-bond acceptors (Lipinski definition) is 3. The summed E-state index contributed by atoms with van der Waals surface area (Å²) in [6.07, 6.45) is 0.0957. The number of anilines is 2. The Kier molecular flexibility index (Phi) is 14.4. The summed E-state index contributed by atoms with van der Waals surface area (Å²) in [5, 5.41) is 0. The van der Waals surface area contributed by atoms with Gasteiger partial charge in [0.2, 0.25) is 0 Å². The molecule has 0 saturated carbocycles. The molecule has 0 atom stereocenters. The van der Waals surface area contributed by atoms with Gasteiger partial charge in [0.15, 0.2) is 0 Å². The molecule has 5 rings (SSSR count). The summed E-state index contributed by atoms with van der Waals surface area (Å²) in [6, 6.07) is 29.9. The quantitative estimate of drug-likeness (QED) is 0.118. The molecule has 0 unspecified atom stereocenters. The van der Waals surface area contributed by atoms with Crippen LogP contribution >= 0.6 is 19.4 Å². The number of nitrogens with zero attached hydrogens (tertiary/aromatic N) is 2. The minimum atomic E-state index is -1.89. The summed E-state index contributed by atoms with van der Waals surface area (Å²) >= 11 is -1.89. The Balaban J connectivity index is 0.000000237. The molecule has 0 aliphatic carbocycles. The molecule has 0 bridgehead atoms. The summed E-state index contributed by atoms with van der Waals surface area (Å²) in [7, 11) is 12.0. The van der Waals surface area contributed by atoms with Gasteiger partial charge in [-0.2, -0.15) is 6.67 Å². The van der Waals surface area contributed by atoms with E-state index in [0.29, 0.717) is 23.7 Å². The van der Waals surface area contributed by atoms with E-state index < -0.39 is 13.5 Å². The van der Waals surface area contributed by atoms with Crippen LogP contribution in [0.5, 0.6) is 5.75 Å². The van der Waals surface area contributed by atoms with Crippen LogP contribution in [-0.2, 0) is 13.5 Å². The molecule has 1 fully saturated rings. The van der Waals surface area contributed by atoms with E-state index in [1.807, 2.05) is 48.8 Å². The van der Waals surface area contributed by atoms with Crippen molar-refractivity contribution in [3.8, 4) is 16.9 Å². The first-order chi connectivity index (χ1) is 23.3. The van der Waals surface area contributed by atoms with E-state index in [1.165, 1.54) is 33.6 Å². The summed E-state index contributed by atoms with van der Waals surface area (Å²) in [5.74, 6) is 2.91. The fraction of sp³-hybridized carbons (Fsp3) is 0.395. The summed E-state index contributed by atoms with van der Waals surface area (Å²) < 4.78 is 7.93. The Morgan fingerprint density at radius 1 is 0.592 bits per heavy atom. The topological polar surface area (TPSA) is 15.7 Å². The number of benzene rings is 4. The van der Waals surface area contributed by atoms with Crippen molar-refractivity contribution in [2.45, 2.75) is 99.0 Å². The second-order valence-electron chi connectivity index (χ2n) is 14.3. The van der Waals surface area contributed by atoms with Gasteiger partial charge in [-0.1, -0.05) is 91.8 Å². The van der Waals surface area contributed by atoms with Crippen molar-refractivity contribution in [2.24, 2.45) is 0 Å². The molecule has 49 heavy (non-hydrogen) atoms. The van der Waals surface area contributed by atoms with Crippen LogP contribution < -0.4 is 14.5 Å². The number of ether oxygens (including phenoxy) is 1. The molecule has 0 radical (unpaired) electrons. The van der Waals surface area contributed by atoms with E-state index in [0.717, 1.165) is 35.5 Å². The summed E-state index contributed by atoms with van der Waals surface area (Å²) in [6.45, 7) is 26.9. The molecule has 1 saturated heterocycles. The number of rotatable bonds is 10. The Labute approximate surface area is 310 Å². The molecule has 3 nitrogen and oxygen atoms in total. The molecular formula is C43H55Cl2N2ORu-. The van der Waals surface area contributed by atoms with Crippen LogP contribution in [0.15, 0.2) is 84.9 Å². The summed E-state index contributed by atoms with van der Waals surface area (Å²) in [4.78, 5) is 5.01. The van der Waals surface area contributed by atoms with E-state index in [9.17, 15) is 0 Å². The van der Waals surface area contributed by atoms with Crippen LogP contribution in [0.1, 0.15) is 121 Å². The van der Waals surface area contributed by atoms with Gasteiger partial charge in [-0.05, 0) is 45.9 Å². The Bertz CT molecular complexity index is 1570. The predicted molar refractivity (Wildman–Crippen MR) is 213 cm³/mol. The van der Waals surface area contributed by atoms with Gasteiger partial charge in [-0.3, -0.25) is 0 Å². The van der Waals surface area contributed by atoms with E-state index in [1.54, 1.807) is 0 Å². The second kappa shape index (κ2) is 18.0. The van der Waals surface area contributed by atoms with Gasteiger partial charge in [0, 0.05) is 24.5 Å². The molecule has 1 heterocycles. The van der Waals surface area contributed by atoms with Crippen LogP contribution in [0.4, 0.5) is 11.4 Å². The second-order valence-corrected chi connectivity index (χ2v) is 20.0. The van der Waals surface area contributed by atoms with E-state index >= 15 is 0 Å². The van der Waals surface area contributed by atoms with Gasteiger partial charge < -0.3 is 9.80 Å². The van der Waals surface area contributed by atoms with Crippen molar-refractivity contribution in [1.82, 2.24) is 0 Å². The average molecular weight is 788 g/mol. The maximum Gasteiger partial charge on any atom is 0.0156 e. The smallest absolute Gasteiger partial charge is 0.0156 e. The van der Waals surface area contributed by atoms with Crippen LogP contribution in [0.3, 0.4) is 0 Å². The van der Waals surface area contributed by atoms with Crippen LogP contribution in [0, 0.1) is 6.67 Å². The Morgan fingerprint density at radius 3 is 1.41 bits per heavy atom. The van der Waals surface area contributed by atoms with Gasteiger partial charge in [0.05, 0.1) is 0 Å². The average Bonchev–Trinajstić information content (AvgIpc) is 3.54. The van der Waals surface area contributed by atoms with Crippen molar-refractivity contribution < 1.29 is 18.3 Å². The fourth-order valence-corrected chi connectivity index (χ4v) is 8.24. The molecular weight excluding hydrogens is 732 g/mol. The molecule has 1 aliphatic rings. The van der Waals surface area contributed by atoms with Gasteiger partial charge >= 0.3 is 133 Å². The molecule has 0 amide bonds. The molecule has 0 aromatic heterocycles. The number of halogens is 2. The van der Waals surface area contributed by atoms with Crippen molar-refractivity contribution in [3.05, 3.63) is 119 Å². The van der Waals surface area contributed by atoms with Crippen molar-refractivity contribution >= 4 is 35.4 Å². The largest absolute Gasteiger partial charge is 0.502 e. The third kappa shape index (κ3) is 9.99. The van der Waals surface area contributed by atoms with Gasteiger partial charge in [-0.25, -0.2) is 0 Å². The minimum absolute atomic E-state index is 0.0957. The van der Waals surface area contributed by atoms with Crippen LogP contribution in [0.2, 0.25) is 0 Å². The zero-order valence-corrected chi connectivity index (χ0v) is 34.2. The molecule has 4 aromatic carbocycles. The first-order valence-electron chi connectivity index (χ1n) is 17.6. The number of hydrogen-bond donors (Lipinski definition) is 0. The summed E-state index contributed by atoms with van der Waals surface area (Å²) in [5.41, 5.74) is 11.8. The van der Waals surface area contributed by atoms with Crippen LogP contribution in [0.25, 0.3) is 11.1 Å². The zero-order valence-electron chi connectivity index (χ0n) is 31.0. The maximum absolute atomic E-state index is 6.02. The molecule has 1 aliphatic heterocycles. The monoisotopic (exact) mass is 787 g/mol. The molecule has 6 heteroatoms. The maximum atomic E-state index is 6.02. The number of para-hydroxylation sites is 3. The Morgan fingerprint density at radius 2 is 1.02 bits per heavy atom. The fourth-order valence-electron chi connectivity index (χ4n) is 6.46.